The van der Waals surface area contributed by atoms with Crippen LogP contribution < -0.4 is 0 Å². The van der Waals surface area contributed by atoms with Crippen LogP contribution in [-0.2, 0) is 6.42 Å². The first kappa shape index (κ1) is 22.7. The molecule has 0 radical (unpaired) electrons. The van der Waals surface area contributed by atoms with Crippen molar-refractivity contribution in [2.24, 2.45) is 0 Å². The zero-order valence-electron chi connectivity index (χ0n) is 22.5. The molecule has 2 heterocycles. The van der Waals surface area contributed by atoms with Crippen LogP contribution in [-0.4, -0.2) is 4.57 Å². The van der Waals surface area contributed by atoms with E-state index in [1.807, 2.05) is 6.07 Å². The van der Waals surface area contributed by atoms with Gasteiger partial charge in [0.05, 0.1) is 11.0 Å². The number of fused-ring (bicyclic) bond motifs is 10. The Labute approximate surface area is 238 Å². The third kappa shape index (κ3) is 3.25. The molecule has 0 N–H and O–H groups in total. The van der Waals surface area contributed by atoms with Gasteiger partial charge in [0, 0.05) is 33.2 Å². The molecule has 1 aliphatic rings. The lowest BCUT2D eigenvalue weighted by atomic mass is 9.88. The number of benzene rings is 6. The molecule has 0 fully saturated rings. The molecule has 0 spiro atoms. The molecule has 0 amide bonds. The quantitative estimate of drug-likeness (QED) is 0.223. The summed E-state index contributed by atoms with van der Waals surface area (Å²) in [5.41, 5.74) is 12.6. The maximum Gasteiger partial charge on any atom is 0.138 e. The lowest BCUT2D eigenvalue weighted by Gasteiger charge is -2.16. The molecule has 6 aromatic carbocycles. The van der Waals surface area contributed by atoms with Gasteiger partial charge in [-0.25, -0.2) is 0 Å². The summed E-state index contributed by atoms with van der Waals surface area (Å²) >= 11 is 0. The Morgan fingerprint density at radius 3 is 2.24 bits per heavy atom. The van der Waals surface area contributed by atoms with Gasteiger partial charge in [-0.3, -0.25) is 0 Å². The molecule has 2 aromatic heterocycles. The molecular formula is C39H27NO. The molecule has 1 unspecified atom stereocenters. The van der Waals surface area contributed by atoms with E-state index in [1.165, 1.54) is 66.1 Å². The van der Waals surface area contributed by atoms with Crippen LogP contribution in [0, 0.1) is 0 Å². The first-order valence-corrected chi connectivity index (χ1v) is 14.5. The smallest absolute Gasteiger partial charge is 0.138 e. The summed E-state index contributed by atoms with van der Waals surface area (Å²) in [6, 6.07) is 48.3. The Morgan fingerprint density at radius 2 is 1.32 bits per heavy atom. The van der Waals surface area contributed by atoms with E-state index in [4.69, 9.17) is 4.42 Å². The van der Waals surface area contributed by atoms with E-state index < -0.39 is 0 Å². The highest BCUT2D eigenvalue weighted by Crippen LogP contribution is 2.52. The molecular weight excluding hydrogens is 498 g/mol. The molecule has 1 atom stereocenters. The summed E-state index contributed by atoms with van der Waals surface area (Å²) in [7, 11) is 0. The van der Waals surface area contributed by atoms with Gasteiger partial charge in [-0.05, 0) is 71.0 Å². The van der Waals surface area contributed by atoms with Crippen LogP contribution in [0.15, 0.2) is 138 Å². The van der Waals surface area contributed by atoms with Crippen LogP contribution >= 0.6 is 0 Å². The van der Waals surface area contributed by atoms with Gasteiger partial charge >= 0.3 is 0 Å². The number of hydrogen-bond acceptors (Lipinski definition) is 1. The number of aryl methyl sites for hydroxylation is 1. The molecule has 2 nitrogen and oxygen atoms in total. The number of hydrogen-bond donors (Lipinski definition) is 0. The summed E-state index contributed by atoms with van der Waals surface area (Å²) in [6.07, 6.45) is 1.97. The second-order valence-electron chi connectivity index (χ2n) is 11.2. The van der Waals surface area contributed by atoms with E-state index in [1.54, 1.807) is 0 Å². The summed E-state index contributed by atoms with van der Waals surface area (Å²) < 4.78 is 8.85. The van der Waals surface area contributed by atoms with Gasteiger partial charge in [-0.2, -0.15) is 0 Å². The molecule has 194 valence electrons. The van der Waals surface area contributed by atoms with E-state index in [0.717, 1.165) is 24.0 Å². The number of nitrogens with zero attached hydrogens (tertiary/aromatic N) is 1. The average Bonchev–Trinajstić information content (AvgIpc) is 3.68. The number of aromatic nitrogens is 1. The van der Waals surface area contributed by atoms with Crippen LogP contribution in [0.4, 0.5) is 0 Å². The molecule has 2 heteroatoms. The summed E-state index contributed by atoms with van der Waals surface area (Å²) in [5.74, 6) is 0.305. The second-order valence-corrected chi connectivity index (χ2v) is 11.2. The topological polar surface area (TPSA) is 18.1 Å². The zero-order valence-corrected chi connectivity index (χ0v) is 22.5. The van der Waals surface area contributed by atoms with E-state index in [-0.39, 0.29) is 0 Å². The highest BCUT2D eigenvalue weighted by molar-refractivity contribution is 6.14. The van der Waals surface area contributed by atoms with Crippen LogP contribution in [0.25, 0.3) is 60.6 Å². The largest absolute Gasteiger partial charge is 0.456 e. The average molecular weight is 526 g/mol. The van der Waals surface area contributed by atoms with Crippen molar-refractivity contribution < 1.29 is 4.42 Å². The first-order valence-electron chi connectivity index (χ1n) is 14.5. The van der Waals surface area contributed by atoms with Crippen molar-refractivity contribution in [1.82, 2.24) is 4.57 Å². The third-order valence-electron chi connectivity index (χ3n) is 9.06. The van der Waals surface area contributed by atoms with Crippen LogP contribution in [0.3, 0.4) is 0 Å². The predicted octanol–water partition coefficient (Wildman–Crippen LogP) is 10.4. The Bertz CT molecular complexity index is 2270. The van der Waals surface area contributed by atoms with Gasteiger partial charge in [0.25, 0.3) is 0 Å². The molecule has 0 bridgehead atoms. The minimum atomic E-state index is 0.305. The Balaban J connectivity index is 1.25. The van der Waals surface area contributed by atoms with E-state index in [2.05, 4.69) is 132 Å². The number of furan rings is 1. The number of rotatable bonds is 4. The minimum absolute atomic E-state index is 0.305. The lowest BCUT2D eigenvalue weighted by molar-refractivity contribution is 0.654. The van der Waals surface area contributed by atoms with Crippen LogP contribution in [0.1, 0.15) is 29.0 Å². The van der Waals surface area contributed by atoms with Gasteiger partial charge in [0.15, 0.2) is 0 Å². The van der Waals surface area contributed by atoms with Crippen molar-refractivity contribution in [3.63, 3.8) is 0 Å². The van der Waals surface area contributed by atoms with E-state index in [9.17, 15) is 0 Å². The fourth-order valence-corrected chi connectivity index (χ4v) is 7.34. The van der Waals surface area contributed by atoms with E-state index >= 15 is 0 Å². The van der Waals surface area contributed by atoms with Crippen molar-refractivity contribution in [2.75, 3.05) is 0 Å². The highest BCUT2D eigenvalue weighted by Gasteiger charge is 2.32. The normalized spacial score (nSPS) is 14.3. The molecule has 0 aliphatic heterocycles. The summed E-state index contributed by atoms with van der Waals surface area (Å²) in [6.45, 7) is 0. The monoisotopic (exact) mass is 525 g/mol. The summed E-state index contributed by atoms with van der Waals surface area (Å²) in [5, 5.41) is 5.10. The SMILES string of the molecule is c1ccc(-n2c3ccccc3c3c4c(ccc32)-c2ccccc2C4CCc2cccc3c2oc2ccccc23)cc1. The summed E-state index contributed by atoms with van der Waals surface area (Å²) in [4.78, 5) is 0. The zero-order chi connectivity index (χ0) is 26.9. The highest BCUT2D eigenvalue weighted by atomic mass is 16.3. The van der Waals surface area contributed by atoms with Gasteiger partial charge in [-0.1, -0.05) is 103 Å². The van der Waals surface area contributed by atoms with E-state index in [0.29, 0.717) is 5.92 Å². The standard InChI is InChI=1S/C39H27NO/c1-2-12-26(13-3-1)40-34-19-8-6-17-33(34)38-35(40)24-23-31-28-15-5-4-14-27(28)30(37(31)38)22-21-25-11-10-18-32-29-16-7-9-20-36(29)41-39(25)32/h1-20,23-24,30H,21-22H2. The molecule has 8 aromatic rings. The van der Waals surface area contributed by atoms with Crippen LogP contribution in [0.5, 0.6) is 0 Å². The lowest BCUT2D eigenvalue weighted by Crippen LogP contribution is -2.01. The van der Waals surface area contributed by atoms with Gasteiger partial charge < -0.3 is 8.98 Å². The Kier molecular flexibility index (Phi) is 4.82. The second kappa shape index (κ2) is 8.71. The molecule has 41 heavy (non-hydrogen) atoms. The molecule has 1 aliphatic carbocycles. The van der Waals surface area contributed by atoms with Crippen molar-refractivity contribution in [3.05, 3.63) is 150 Å². The predicted molar refractivity (Wildman–Crippen MR) is 170 cm³/mol. The molecule has 0 saturated heterocycles. The fourth-order valence-electron chi connectivity index (χ4n) is 7.34. The Morgan fingerprint density at radius 1 is 0.561 bits per heavy atom. The minimum Gasteiger partial charge on any atom is -0.456 e. The third-order valence-corrected chi connectivity index (χ3v) is 9.06. The van der Waals surface area contributed by atoms with Crippen LogP contribution in [0.2, 0.25) is 0 Å². The van der Waals surface area contributed by atoms with Crippen molar-refractivity contribution in [1.29, 1.82) is 0 Å². The van der Waals surface area contributed by atoms with Crippen molar-refractivity contribution in [3.8, 4) is 16.8 Å². The van der Waals surface area contributed by atoms with Crippen molar-refractivity contribution >= 4 is 43.7 Å². The molecule has 0 saturated carbocycles. The van der Waals surface area contributed by atoms with Gasteiger partial charge in [-0.15, -0.1) is 0 Å². The Hall–Kier alpha value is -5.08. The molecule has 9 rings (SSSR count). The number of para-hydroxylation sites is 4. The van der Waals surface area contributed by atoms with Gasteiger partial charge in [0.1, 0.15) is 11.2 Å². The maximum absolute atomic E-state index is 6.41. The first-order chi connectivity index (χ1) is 20.4. The van der Waals surface area contributed by atoms with Crippen molar-refractivity contribution in [2.45, 2.75) is 18.8 Å². The fraction of sp³-hybridized carbons (Fsp3) is 0.0769. The maximum atomic E-state index is 6.41. The van der Waals surface area contributed by atoms with Gasteiger partial charge in [0.2, 0.25) is 0 Å².